The molecule has 3 aromatic heterocycles. The van der Waals surface area contributed by atoms with E-state index >= 15 is 0 Å². The first-order valence-corrected chi connectivity index (χ1v) is 19.1. The van der Waals surface area contributed by atoms with Crippen molar-refractivity contribution in [2.24, 2.45) is 4.99 Å². The minimum Gasteiger partial charge on any atom is -0.456 e. The van der Waals surface area contributed by atoms with Crippen molar-refractivity contribution in [3.63, 3.8) is 0 Å². The Balaban J connectivity index is 1.02. The highest BCUT2D eigenvalue weighted by molar-refractivity contribution is 7.26. The third-order valence-electron chi connectivity index (χ3n) is 10.5. The van der Waals surface area contributed by atoms with E-state index in [0.717, 1.165) is 45.3 Å². The summed E-state index contributed by atoms with van der Waals surface area (Å²) in [6.45, 7) is 0. The summed E-state index contributed by atoms with van der Waals surface area (Å²) in [5.41, 5.74) is 7.99. The predicted molar refractivity (Wildman–Crippen MR) is 216 cm³/mol. The molecule has 2 N–H and O–H groups in total. The highest BCUT2D eigenvalue weighted by Crippen LogP contribution is 2.46. The molecule has 11 rings (SSSR count). The molecule has 4 nitrogen and oxygen atoms in total. The maximum atomic E-state index is 6.31. The number of thiophene rings is 2. The fourth-order valence-corrected chi connectivity index (χ4v) is 10.7. The third-order valence-corrected chi connectivity index (χ3v) is 13.0. The van der Waals surface area contributed by atoms with Crippen molar-refractivity contribution in [2.45, 2.75) is 24.7 Å². The van der Waals surface area contributed by atoms with E-state index in [1.807, 2.05) is 34.8 Å². The summed E-state index contributed by atoms with van der Waals surface area (Å²) in [5.74, 6) is 1.14. The van der Waals surface area contributed by atoms with E-state index in [1.54, 1.807) is 0 Å². The minimum atomic E-state index is -0.196. The Bertz CT molecular complexity index is 2880. The minimum absolute atomic E-state index is 0.119. The molecule has 0 spiro atoms. The number of furan rings is 1. The first-order valence-electron chi connectivity index (χ1n) is 17.5. The Morgan fingerprint density at radius 3 is 2.41 bits per heavy atom. The van der Waals surface area contributed by atoms with E-state index in [0.29, 0.717) is 0 Å². The van der Waals surface area contributed by atoms with Gasteiger partial charge in [-0.1, -0.05) is 121 Å². The summed E-state index contributed by atoms with van der Waals surface area (Å²) in [5, 5.41) is 14.0. The first kappa shape index (κ1) is 29.2. The smallest absolute Gasteiger partial charge is 0.135 e. The molecular formula is C45H31N3OS2. The van der Waals surface area contributed by atoms with Crippen LogP contribution >= 0.6 is 22.7 Å². The molecule has 9 aromatic rings. The van der Waals surface area contributed by atoms with Crippen LogP contribution in [0.15, 0.2) is 149 Å². The molecule has 0 radical (unpaired) electrons. The van der Waals surface area contributed by atoms with E-state index in [2.05, 4.69) is 144 Å². The van der Waals surface area contributed by atoms with E-state index in [-0.39, 0.29) is 18.2 Å². The van der Waals surface area contributed by atoms with Crippen molar-refractivity contribution in [1.82, 2.24) is 10.6 Å². The van der Waals surface area contributed by atoms with Gasteiger partial charge in [-0.2, -0.15) is 0 Å². The van der Waals surface area contributed by atoms with Crippen LogP contribution in [0, 0.1) is 0 Å². The average molecular weight is 694 g/mol. The first-order chi connectivity index (χ1) is 25.3. The van der Waals surface area contributed by atoms with Gasteiger partial charge in [0.15, 0.2) is 0 Å². The summed E-state index contributed by atoms with van der Waals surface area (Å²) in [6.07, 6.45) is 5.19. The van der Waals surface area contributed by atoms with Crippen LogP contribution < -0.4 is 10.6 Å². The Hall–Kier alpha value is -5.53. The van der Waals surface area contributed by atoms with Crippen molar-refractivity contribution in [1.29, 1.82) is 0 Å². The lowest BCUT2D eigenvalue weighted by Gasteiger charge is -2.35. The van der Waals surface area contributed by atoms with Crippen LogP contribution in [-0.4, -0.2) is 5.84 Å². The van der Waals surface area contributed by atoms with Gasteiger partial charge in [0.05, 0.1) is 5.92 Å². The number of allylic oxidation sites excluding steroid dienone is 1. The zero-order valence-electron chi connectivity index (χ0n) is 27.5. The Morgan fingerprint density at radius 2 is 1.47 bits per heavy atom. The van der Waals surface area contributed by atoms with Gasteiger partial charge >= 0.3 is 0 Å². The van der Waals surface area contributed by atoms with Crippen molar-refractivity contribution in [3.8, 4) is 11.1 Å². The second kappa shape index (κ2) is 11.5. The molecule has 6 aromatic carbocycles. The second-order valence-electron chi connectivity index (χ2n) is 13.5. The van der Waals surface area contributed by atoms with Crippen molar-refractivity contribution >= 4 is 86.8 Å². The second-order valence-corrected chi connectivity index (χ2v) is 15.6. The van der Waals surface area contributed by atoms with E-state index in [4.69, 9.17) is 9.41 Å². The van der Waals surface area contributed by atoms with Crippen LogP contribution in [0.2, 0.25) is 0 Å². The highest BCUT2D eigenvalue weighted by Gasteiger charge is 2.33. The van der Waals surface area contributed by atoms with Gasteiger partial charge in [-0.25, -0.2) is 4.99 Å². The van der Waals surface area contributed by atoms with Crippen molar-refractivity contribution in [2.75, 3.05) is 0 Å². The summed E-state index contributed by atoms with van der Waals surface area (Å²) in [6, 6.07) is 47.8. The number of rotatable bonds is 4. The maximum absolute atomic E-state index is 6.31. The van der Waals surface area contributed by atoms with E-state index in [1.165, 1.54) is 51.8 Å². The number of nitrogens with zero attached hydrogens (tertiary/aromatic N) is 1. The van der Waals surface area contributed by atoms with Gasteiger partial charge in [-0.15, -0.1) is 22.7 Å². The number of hydrogen-bond donors (Lipinski definition) is 2. The third kappa shape index (κ3) is 4.64. The number of nitrogens with one attached hydrogen (secondary N) is 2. The number of aliphatic imine (C=N–C) groups is 1. The highest BCUT2D eigenvalue weighted by atomic mass is 32.1. The molecule has 1 aliphatic heterocycles. The van der Waals surface area contributed by atoms with Crippen LogP contribution in [0.25, 0.3) is 69.4 Å². The van der Waals surface area contributed by atoms with Gasteiger partial charge in [0.1, 0.15) is 29.3 Å². The van der Waals surface area contributed by atoms with Crippen molar-refractivity contribution < 1.29 is 4.42 Å². The molecule has 6 heteroatoms. The summed E-state index contributed by atoms with van der Waals surface area (Å²) < 4.78 is 10.3. The normalized spacial score (nSPS) is 18.8. The standard InChI is InChI=1S/C45H31N3OS2/c1-2-11-26(12-3-1)43-46-44(34-18-10-21-37-40(34)33-14-4-6-20-36(33)49-37)48-45(47-43)35-19-9-17-32-30-24-23-27(25-39(30)51-42(32)35)28-15-8-16-31-29-13-5-7-22-38(29)50-41(28)31/h1-18,20-25,35,43-44,46H,19H2,(H,47,48). The lowest BCUT2D eigenvalue weighted by atomic mass is 9.90. The van der Waals surface area contributed by atoms with E-state index in [9.17, 15) is 0 Å². The molecule has 0 bridgehead atoms. The number of hydrogen-bond acceptors (Lipinski definition) is 6. The monoisotopic (exact) mass is 693 g/mol. The van der Waals surface area contributed by atoms with Gasteiger partial charge in [0.2, 0.25) is 0 Å². The number of para-hydroxylation sites is 1. The molecule has 4 heterocycles. The van der Waals surface area contributed by atoms with Crippen LogP contribution in [0.4, 0.5) is 0 Å². The van der Waals surface area contributed by atoms with Gasteiger partial charge in [0.25, 0.3) is 0 Å². The zero-order chi connectivity index (χ0) is 33.5. The molecule has 244 valence electrons. The molecular weight excluding hydrogens is 663 g/mol. The molecule has 0 saturated heterocycles. The largest absolute Gasteiger partial charge is 0.456 e. The quantitative estimate of drug-likeness (QED) is 0.193. The van der Waals surface area contributed by atoms with E-state index < -0.39 is 0 Å². The van der Waals surface area contributed by atoms with Crippen LogP contribution in [0.5, 0.6) is 0 Å². The molecule has 1 aliphatic carbocycles. The summed E-state index contributed by atoms with van der Waals surface area (Å²) in [4.78, 5) is 6.79. The SMILES string of the molecule is C1=Cc2c(sc3cc(-c4cccc5c4sc4ccccc45)ccc23)C(C2=NC(c3ccccc3)NC(c3cccc4oc5ccccc5c34)N2)C1. The fourth-order valence-electron chi connectivity index (χ4n) is 8.14. The van der Waals surface area contributed by atoms with Crippen LogP contribution in [0.1, 0.15) is 46.2 Å². The summed E-state index contributed by atoms with van der Waals surface area (Å²) in [7, 11) is 0. The molecule has 0 fully saturated rings. The predicted octanol–water partition coefficient (Wildman–Crippen LogP) is 12.3. The molecule has 3 unspecified atom stereocenters. The lowest BCUT2D eigenvalue weighted by Crippen LogP contribution is -2.46. The number of amidine groups is 1. The van der Waals surface area contributed by atoms with Crippen molar-refractivity contribution in [3.05, 3.63) is 161 Å². The zero-order valence-corrected chi connectivity index (χ0v) is 29.1. The molecule has 0 amide bonds. The Labute approximate surface area is 302 Å². The summed E-state index contributed by atoms with van der Waals surface area (Å²) >= 11 is 3.81. The van der Waals surface area contributed by atoms with Gasteiger partial charge in [-0.05, 0) is 52.9 Å². The fraction of sp³-hybridized carbons (Fsp3) is 0.0889. The maximum Gasteiger partial charge on any atom is 0.135 e. The molecule has 0 saturated carbocycles. The molecule has 3 atom stereocenters. The van der Waals surface area contributed by atoms with Gasteiger partial charge in [-0.3, -0.25) is 5.32 Å². The lowest BCUT2D eigenvalue weighted by molar-refractivity contribution is 0.403. The average Bonchev–Trinajstić information content (AvgIpc) is 3.89. The van der Waals surface area contributed by atoms with Gasteiger partial charge in [0, 0.05) is 51.5 Å². The molecule has 51 heavy (non-hydrogen) atoms. The van der Waals surface area contributed by atoms with Crippen LogP contribution in [-0.2, 0) is 0 Å². The Kier molecular flexibility index (Phi) is 6.59. The van der Waals surface area contributed by atoms with Crippen LogP contribution in [0.3, 0.4) is 0 Å². The number of fused-ring (bicyclic) bond motifs is 9. The van der Waals surface area contributed by atoms with Gasteiger partial charge < -0.3 is 9.73 Å². The Morgan fingerprint density at radius 1 is 0.667 bits per heavy atom. The number of benzene rings is 6. The topological polar surface area (TPSA) is 49.6 Å². The molecule has 2 aliphatic rings.